The Morgan fingerprint density at radius 1 is 1.35 bits per heavy atom. The highest BCUT2D eigenvalue weighted by Crippen LogP contribution is 2.19. The predicted octanol–water partition coefficient (Wildman–Crippen LogP) is 2.33. The van der Waals surface area contributed by atoms with E-state index in [9.17, 15) is 9.90 Å². The molecule has 0 radical (unpaired) electrons. The summed E-state index contributed by atoms with van der Waals surface area (Å²) in [6, 6.07) is 6.94. The Morgan fingerprint density at radius 2 is 1.90 bits per heavy atom. The SMILES string of the molecule is CCC(C(=O)NC(C)C(O)c1ccc(Br)cc1)N(C)C. The van der Waals surface area contributed by atoms with Crippen LogP contribution in [0.2, 0.25) is 0 Å². The molecule has 20 heavy (non-hydrogen) atoms. The molecule has 5 heteroatoms. The Labute approximate surface area is 129 Å². The molecule has 112 valence electrons. The van der Waals surface area contributed by atoms with Crippen molar-refractivity contribution in [3.63, 3.8) is 0 Å². The minimum absolute atomic E-state index is 0.0545. The van der Waals surface area contributed by atoms with Crippen molar-refractivity contribution in [1.29, 1.82) is 0 Å². The monoisotopic (exact) mass is 342 g/mol. The summed E-state index contributed by atoms with van der Waals surface area (Å²) in [5, 5.41) is 13.2. The van der Waals surface area contributed by atoms with Gasteiger partial charge in [-0.1, -0.05) is 35.0 Å². The molecular weight excluding hydrogens is 320 g/mol. The van der Waals surface area contributed by atoms with Gasteiger partial charge >= 0.3 is 0 Å². The number of aliphatic hydroxyl groups is 1. The molecule has 0 spiro atoms. The first-order valence-electron chi connectivity index (χ1n) is 6.77. The van der Waals surface area contributed by atoms with Crippen molar-refractivity contribution in [1.82, 2.24) is 10.2 Å². The summed E-state index contributed by atoms with van der Waals surface area (Å²) in [4.78, 5) is 14.0. The molecule has 1 rings (SSSR count). The van der Waals surface area contributed by atoms with E-state index >= 15 is 0 Å². The van der Waals surface area contributed by atoms with Crippen LogP contribution in [0.5, 0.6) is 0 Å². The standard InChI is InChI=1S/C15H23BrN2O2/c1-5-13(18(3)4)15(20)17-10(2)14(19)11-6-8-12(16)9-7-11/h6-10,13-14,19H,5H2,1-4H3,(H,17,20). The Bertz CT molecular complexity index is 434. The number of hydrogen-bond donors (Lipinski definition) is 2. The summed E-state index contributed by atoms with van der Waals surface area (Å²) < 4.78 is 0.962. The number of carbonyl (C=O) groups excluding carboxylic acids is 1. The Hall–Kier alpha value is -0.910. The lowest BCUT2D eigenvalue weighted by Crippen LogP contribution is -2.47. The molecule has 1 amide bonds. The first kappa shape index (κ1) is 17.1. The molecule has 3 atom stereocenters. The van der Waals surface area contributed by atoms with Crippen LogP contribution in [-0.4, -0.2) is 42.1 Å². The van der Waals surface area contributed by atoms with Crippen LogP contribution in [0.4, 0.5) is 0 Å². The molecule has 2 N–H and O–H groups in total. The number of hydrogen-bond acceptors (Lipinski definition) is 3. The zero-order valence-corrected chi connectivity index (χ0v) is 14.0. The second-order valence-electron chi connectivity index (χ2n) is 5.18. The molecule has 0 aromatic heterocycles. The summed E-state index contributed by atoms with van der Waals surface area (Å²) in [6.45, 7) is 3.78. The quantitative estimate of drug-likeness (QED) is 0.834. The molecule has 1 aromatic carbocycles. The van der Waals surface area contributed by atoms with Crippen molar-refractivity contribution in [2.24, 2.45) is 0 Å². The van der Waals surface area contributed by atoms with Gasteiger partial charge in [0.1, 0.15) is 0 Å². The first-order chi connectivity index (χ1) is 9.36. The molecule has 1 aromatic rings. The summed E-state index contributed by atoms with van der Waals surface area (Å²) >= 11 is 3.36. The molecule has 0 saturated carbocycles. The van der Waals surface area contributed by atoms with Crippen LogP contribution in [0.15, 0.2) is 28.7 Å². The maximum Gasteiger partial charge on any atom is 0.237 e. The summed E-state index contributed by atoms with van der Waals surface area (Å²) in [5.74, 6) is -0.0545. The highest BCUT2D eigenvalue weighted by Gasteiger charge is 2.23. The van der Waals surface area contributed by atoms with Gasteiger partial charge in [-0.3, -0.25) is 9.69 Å². The molecule has 0 fully saturated rings. The van der Waals surface area contributed by atoms with Gasteiger partial charge in [0.05, 0.1) is 18.2 Å². The molecule has 0 bridgehead atoms. The Kier molecular flexibility index (Phi) is 6.65. The zero-order valence-electron chi connectivity index (χ0n) is 12.4. The minimum atomic E-state index is -0.716. The molecular formula is C15H23BrN2O2. The molecule has 0 aliphatic carbocycles. The van der Waals surface area contributed by atoms with Gasteiger partial charge in [-0.15, -0.1) is 0 Å². The molecule has 0 aliphatic heterocycles. The van der Waals surface area contributed by atoms with Crippen LogP contribution in [0, 0.1) is 0 Å². The maximum atomic E-state index is 12.1. The number of benzene rings is 1. The summed E-state index contributed by atoms with van der Waals surface area (Å²) in [5.41, 5.74) is 0.791. The molecule has 3 unspecified atom stereocenters. The lowest BCUT2D eigenvalue weighted by Gasteiger charge is -2.26. The van der Waals surface area contributed by atoms with Crippen molar-refractivity contribution in [2.75, 3.05) is 14.1 Å². The van der Waals surface area contributed by atoms with Gasteiger partial charge in [-0.2, -0.15) is 0 Å². The Morgan fingerprint density at radius 3 is 2.35 bits per heavy atom. The number of nitrogens with one attached hydrogen (secondary N) is 1. The van der Waals surface area contributed by atoms with Gasteiger partial charge in [-0.25, -0.2) is 0 Å². The fourth-order valence-corrected chi connectivity index (χ4v) is 2.40. The topological polar surface area (TPSA) is 52.6 Å². The van der Waals surface area contributed by atoms with Crippen molar-refractivity contribution in [3.8, 4) is 0 Å². The third-order valence-corrected chi connectivity index (χ3v) is 3.90. The van der Waals surface area contributed by atoms with Crippen LogP contribution in [0.3, 0.4) is 0 Å². The van der Waals surface area contributed by atoms with E-state index < -0.39 is 6.10 Å². The number of likely N-dealkylation sites (N-methyl/N-ethyl adjacent to an activating group) is 1. The average Bonchev–Trinajstić information content (AvgIpc) is 2.39. The minimum Gasteiger partial charge on any atom is -0.386 e. The van der Waals surface area contributed by atoms with Crippen LogP contribution in [0.1, 0.15) is 31.9 Å². The fourth-order valence-electron chi connectivity index (χ4n) is 2.13. The Balaban J connectivity index is 2.68. The van der Waals surface area contributed by atoms with Crippen molar-refractivity contribution in [3.05, 3.63) is 34.3 Å². The van der Waals surface area contributed by atoms with E-state index in [0.29, 0.717) is 0 Å². The third kappa shape index (κ3) is 4.58. The van der Waals surface area contributed by atoms with Crippen LogP contribution in [-0.2, 0) is 4.79 Å². The highest BCUT2D eigenvalue weighted by atomic mass is 79.9. The number of aliphatic hydroxyl groups excluding tert-OH is 1. The molecule has 0 heterocycles. The molecule has 0 saturated heterocycles. The third-order valence-electron chi connectivity index (χ3n) is 3.37. The maximum absolute atomic E-state index is 12.1. The average molecular weight is 343 g/mol. The largest absolute Gasteiger partial charge is 0.386 e. The molecule has 0 aliphatic rings. The summed E-state index contributed by atoms with van der Waals surface area (Å²) in [6.07, 6.45) is 0.0200. The number of carbonyl (C=O) groups is 1. The van der Waals surface area contributed by atoms with Gasteiger partial charge in [0, 0.05) is 4.47 Å². The van der Waals surface area contributed by atoms with E-state index in [-0.39, 0.29) is 18.0 Å². The second-order valence-corrected chi connectivity index (χ2v) is 6.10. The van der Waals surface area contributed by atoms with Crippen LogP contribution < -0.4 is 5.32 Å². The number of amides is 1. The second kappa shape index (κ2) is 7.76. The highest BCUT2D eigenvalue weighted by molar-refractivity contribution is 9.10. The van der Waals surface area contributed by atoms with Gasteiger partial charge < -0.3 is 10.4 Å². The zero-order chi connectivity index (χ0) is 15.3. The summed E-state index contributed by atoms with van der Waals surface area (Å²) in [7, 11) is 3.76. The van der Waals surface area contributed by atoms with Crippen molar-refractivity contribution in [2.45, 2.75) is 38.5 Å². The van der Waals surface area contributed by atoms with Crippen LogP contribution >= 0.6 is 15.9 Å². The van der Waals surface area contributed by atoms with E-state index in [0.717, 1.165) is 16.5 Å². The van der Waals surface area contributed by atoms with Gasteiger partial charge in [0.25, 0.3) is 0 Å². The lowest BCUT2D eigenvalue weighted by atomic mass is 10.0. The first-order valence-corrected chi connectivity index (χ1v) is 7.56. The van der Waals surface area contributed by atoms with E-state index in [2.05, 4.69) is 21.2 Å². The van der Waals surface area contributed by atoms with Crippen molar-refractivity contribution >= 4 is 21.8 Å². The number of nitrogens with zero attached hydrogens (tertiary/aromatic N) is 1. The van der Waals surface area contributed by atoms with Gasteiger partial charge in [0.15, 0.2) is 0 Å². The smallest absolute Gasteiger partial charge is 0.237 e. The van der Waals surface area contributed by atoms with Crippen molar-refractivity contribution < 1.29 is 9.90 Å². The number of rotatable bonds is 6. The van der Waals surface area contributed by atoms with E-state index in [1.165, 1.54) is 0 Å². The lowest BCUT2D eigenvalue weighted by molar-refractivity contribution is -0.127. The molecule has 4 nitrogen and oxygen atoms in total. The van der Waals surface area contributed by atoms with E-state index in [1.54, 1.807) is 0 Å². The van der Waals surface area contributed by atoms with Gasteiger partial charge in [-0.05, 0) is 45.1 Å². The number of halogens is 1. The predicted molar refractivity (Wildman–Crippen MR) is 84.5 cm³/mol. The fraction of sp³-hybridized carbons (Fsp3) is 0.533. The van der Waals surface area contributed by atoms with Gasteiger partial charge in [0.2, 0.25) is 5.91 Å². The van der Waals surface area contributed by atoms with Crippen LogP contribution in [0.25, 0.3) is 0 Å². The van der Waals surface area contributed by atoms with E-state index in [1.807, 2.05) is 57.1 Å². The van der Waals surface area contributed by atoms with E-state index in [4.69, 9.17) is 0 Å². The normalized spacial score (nSPS) is 15.8.